The molecule has 0 radical (unpaired) electrons. The number of hydrogen-bond donors (Lipinski definition) is 1. The lowest BCUT2D eigenvalue weighted by atomic mass is 10.3. The molecule has 4 nitrogen and oxygen atoms in total. The third-order valence-electron chi connectivity index (χ3n) is 3.12. The maximum atomic E-state index is 12.0. The lowest BCUT2D eigenvalue weighted by molar-refractivity contribution is 0.415. The summed E-state index contributed by atoms with van der Waals surface area (Å²) in [6.45, 7) is 0. The van der Waals surface area contributed by atoms with Gasteiger partial charge in [-0.2, -0.15) is 0 Å². The van der Waals surface area contributed by atoms with Gasteiger partial charge in [0.15, 0.2) is 0 Å². The normalized spacial score (nSPS) is 19.9. The Labute approximate surface area is 103 Å². The van der Waals surface area contributed by atoms with Gasteiger partial charge in [0, 0.05) is 6.07 Å². The number of rotatable bonds is 2. The van der Waals surface area contributed by atoms with Crippen molar-refractivity contribution >= 4 is 22.8 Å². The molecule has 2 heterocycles. The Hall–Kier alpha value is -1.36. The Morgan fingerprint density at radius 1 is 1.53 bits per heavy atom. The van der Waals surface area contributed by atoms with Gasteiger partial charge in [0.2, 0.25) is 0 Å². The predicted molar refractivity (Wildman–Crippen MR) is 69.8 cm³/mol. The SMILES string of the molecule is COc1ccc2[nH]c(=O)n(C3CCCS3)c2c1. The van der Waals surface area contributed by atoms with Crippen LogP contribution in [0.25, 0.3) is 11.0 Å². The molecule has 1 atom stereocenters. The van der Waals surface area contributed by atoms with Crippen molar-refractivity contribution in [2.45, 2.75) is 18.2 Å². The minimum absolute atomic E-state index is 0.0207. The number of nitrogens with zero attached hydrogens (tertiary/aromatic N) is 1. The molecule has 1 aromatic heterocycles. The number of aromatic nitrogens is 2. The first-order valence-corrected chi connectivity index (χ1v) is 6.74. The van der Waals surface area contributed by atoms with E-state index in [0.29, 0.717) is 0 Å². The number of aromatic amines is 1. The van der Waals surface area contributed by atoms with Crippen LogP contribution in [0, 0.1) is 0 Å². The number of methoxy groups -OCH3 is 1. The minimum atomic E-state index is -0.0207. The topological polar surface area (TPSA) is 47.0 Å². The van der Waals surface area contributed by atoms with Gasteiger partial charge >= 0.3 is 5.69 Å². The zero-order valence-corrected chi connectivity index (χ0v) is 10.4. The van der Waals surface area contributed by atoms with E-state index >= 15 is 0 Å². The molecule has 1 aromatic carbocycles. The Bertz CT molecular complexity index is 596. The van der Waals surface area contributed by atoms with Crippen LogP contribution in [0.15, 0.2) is 23.0 Å². The lowest BCUT2D eigenvalue weighted by Gasteiger charge is -2.10. The molecule has 17 heavy (non-hydrogen) atoms. The van der Waals surface area contributed by atoms with E-state index < -0.39 is 0 Å². The van der Waals surface area contributed by atoms with Crippen LogP contribution in [0.5, 0.6) is 5.75 Å². The smallest absolute Gasteiger partial charge is 0.327 e. The monoisotopic (exact) mass is 250 g/mol. The van der Waals surface area contributed by atoms with Crippen molar-refractivity contribution in [3.05, 3.63) is 28.7 Å². The summed E-state index contributed by atoms with van der Waals surface area (Å²) >= 11 is 1.84. The second-order valence-electron chi connectivity index (χ2n) is 4.15. The highest BCUT2D eigenvalue weighted by molar-refractivity contribution is 7.99. The number of ether oxygens (including phenoxy) is 1. The van der Waals surface area contributed by atoms with E-state index in [9.17, 15) is 4.79 Å². The quantitative estimate of drug-likeness (QED) is 0.890. The lowest BCUT2D eigenvalue weighted by Crippen LogP contribution is -2.18. The summed E-state index contributed by atoms with van der Waals surface area (Å²) < 4.78 is 7.07. The molecule has 3 rings (SSSR count). The highest BCUT2D eigenvalue weighted by Gasteiger charge is 2.21. The van der Waals surface area contributed by atoms with Gasteiger partial charge in [0.05, 0.1) is 23.5 Å². The van der Waals surface area contributed by atoms with E-state index in [1.165, 1.54) is 6.42 Å². The van der Waals surface area contributed by atoms with Crippen molar-refractivity contribution in [1.29, 1.82) is 0 Å². The molecular weight excluding hydrogens is 236 g/mol. The average Bonchev–Trinajstić information content (AvgIpc) is 2.93. The Kier molecular flexibility index (Phi) is 2.63. The molecule has 0 bridgehead atoms. The molecule has 1 N–H and O–H groups in total. The van der Waals surface area contributed by atoms with Crippen LogP contribution in [-0.2, 0) is 0 Å². The largest absolute Gasteiger partial charge is 0.497 e. The first-order valence-electron chi connectivity index (χ1n) is 5.69. The number of benzene rings is 1. The zero-order chi connectivity index (χ0) is 11.8. The summed E-state index contributed by atoms with van der Waals surface area (Å²) in [6, 6.07) is 5.68. The fraction of sp³-hybridized carbons (Fsp3) is 0.417. The van der Waals surface area contributed by atoms with Gasteiger partial charge < -0.3 is 9.72 Å². The molecule has 5 heteroatoms. The van der Waals surface area contributed by atoms with Crippen LogP contribution < -0.4 is 10.4 Å². The maximum Gasteiger partial charge on any atom is 0.327 e. The third kappa shape index (κ3) is 1.74. The van der Waals surface area contributed by atoms with Crippen molar-refractivity contribution in [1.82, 2.24) is 9.55 Å². The third-order valence-corrected chi connectivity index (χ3v) is 4.47. The molecule has 1 unspecified atom stereocenters. The molecule has 1 aliphatic heterocycles. The number of imidazole rings is 1. The van der Waals surface area contributed by atoms with Gasteiger partial charge in [0.25, 0.3) is 0 Å². The van der Waals surface area contributed by atoms with Crippen LogP contribution in [-0.4, -0.2) is 22.4 Å². The van der Waals surface area contributed by atoms with Crippen molar-refractivity contribution in [3.63, 3.8) is 0 Å². The fourth-order valence-corrected chi connectivity index (χ4v) is 3.58. The first kappa shape index (κ1) is 10.8. The summed E-state index contributed by atoms with van der Waals surface area (Å²) in [6.07, 6.45) is 2.24. The van der Waals surface area contributed by atoms with Crippen molar-refractivity contribution in [3.8, 4) is 5.75 Å². The van der Waals surface area contributed by atoms with Crippen molar-refractivity contribution < 1.29 is 4.74 Å². The number of nitrogens with one attached hydrogen (secondary N) is 1. The molecule has 0 spiro atoms. The van der Waals surface area contributed by atoms with Gasteiger partial charge in [-0.3, -0.25) is 4.57 Å². The van der Waals surface area contributed by atoms with Gasteiger partial charge in [-0.15, -0.1) is 11.8 Å². The highest BCUT2D eigenvalue weighted by atomic mass is 32.2. The summed E-state index contributed by atoms with van der Waals surface area (Å²) in [5.74, 6) is 1.92. The fourth-order valence-electron chi connectivity index (χ4n) is 2.28. The molecule has 1 fully saturated rings. The van der Waals surface area contributed by atoms with E-state index in [2.05, 4.69) is 4.98 Å². The molecule has 90 valence electrons. The molecule has 2 aromatic rings. The average molecular weight is 250 g/mol. The predicted octanol–water partition coefficient (Wildman–Crippen LogP) is 2.36. The van der Waals surface area contributed by atoms with Crippen LogP contribution >= 0.6 is 11.8 Å². The van der Waals surface area contributed by atoms with Crippen LogP contribution in [0.3, 0.4) is 0 Å². The van der Waals surface area contributed by atoms with Crippen LogP contribution in [0.2, 0.25) is 0 Å². The van der Waals surface area contributed by atoms with E-state index in [1.807, 2.05) is 34.5 Å². The second kappa shape index (κ2) is 4.14. The highest BCUT2D eigenvalue weighted by Crippen LogP contribution is 2.36. The number of fused-ring (bicyclic) bond motifs is 1. The molecule has 0 aliphatic carbocycles. The Morgan fingerprint density at radius 3 is 3.12 bits per heavy atom. The molecule has 0 amide bonds. The summed E-state index contributed by atoms with van der Waals surface area (Å²) in [5, 5.41) is 0.267. The standard InChI is InChI=1S/C12H14N2O2S/c1-16-8-4-5-9-10(7-8)14(12(15)13-9)11-3-2-6-17-11/h4-5,7,11H,2-3,6H2,1H3,(H,13,15). The van der Waals surface area contributed by atoms with E-state index in [-0.39, 0.29) is 11.1 Å². The zero-order valence-electron chi connectivity index (χ0n) is 9.60. The summed E-state index contributed by atoms with van der Waals surface area (Å²) in [4.78, 5) is 14.9. The number of H-pyrrole nitrogens is 1. The van der Waals surface area contributed by atoms with Crippen LogP contribution in [0.4, 0.5) is 0 Å². The second-order valence-corrected chi connectivity index (χ2v) is 5.44. The first-order chi connectivity index (χ1) is 8.29. The van der Waals surface area contributed by atoms with E-state index in [4.69, 9.17) is 4.74 Å². The van der Waals surface area contributed by atoms with Gasteiger partial charge in [-0.25, -0.2) is 4.79 Å². The van der Waals surface area contributed by atoms with Crippen molar-refractivity contribution in [2.75, 3.05) is 12.9 Å². The van der Waals surface area contributed by atoms with Gasteiger partial charge in [-0.1, -0.05) is 0 Å². The minimum Gasteiger partial charge on any atom is -0.497 e. The van der Waals surface area contributed by atoms with Gasteiger partial charge in [-0.05, 0) is 30.7 Å². The van der Waals surface area contributed by atoms with Gasteiger partial charge in [0.1, 0.15) is 5.75 Å². The molecular formula is C12H14N2O2S. The Morgan fingerprint density at radius 2 is 2.41 bits per heavy atom. The van der Waals surface area contributed by atoms with Crippen molar-refractivity contribution in [2.24, 2.45) is 0 Å². The maximum absolute atomic E-state index is 12.0. The molecule has 1 saturated heterocycles. The summed E-state index contributed by atoms with van der Waals surface area (Å²) in [5.41, 5.74) is 1.80. The Balaban J connectivity index is 2.20. The number of thioether (sulfide) groups is 1. The molecule has 1 aliphatic rings. The molecule has 0 saturated carbocycles. The van der Waals surface area contributed by atoms with Crippen LogP contribution in [0.1, 0.15) is 18.2 Å². The van der Waals surface area contributed by atoms with E-state index in [0.717, 1.165) is 29.0 Å². The summed E-state index contributed by atoms with van der Waals surface area (Å²) in [7, 11) is 1.64. The van der Waals surface area contributed by atoms with E-state index in [1.54, 1.807) is 7.11 Å². The number of hydrogen-bond acceptors (Lipinski definition) is 3.